The summed E-state index contributed by atoms with van der Waals surface area (Å²) in [6.45, 7) is 8.36. The van der Waals surface area contributed by atoms with Gasteiger partial charge < -0.3 is 5.32 Å². The smallest absolute Gasteiger partial charge is 0.148 e. The second-order valence-corrected chi connectivity index (χ2v) is 4.82. The van der Waals surface area contributed by atoms with Crippen LogP contribution < -0.4 is 5.32 Å². The molecule has 0 aliphatic carbocycles. The van der Waals surface area contributed by atoms with Gasteiger partial charge in [0.2, 0.25) is 0 Å². The molecule has 2 rings (SSSR count). The Morgan fingerprint density at radius 2 is 2.00 bits per heavy atom. The molecule has 4 nitrogen and oxygen atoms in total. The van der Waals surface area contributed by atoms with Gasteiger partial charge in [0.05, 0.1) is 6.04 Å². The van der Waals surface area contributed by atoms with E-state index >= 15 is 0 Å². The zero-order valence-electron chi connectivity index (χ0n) is 11.7. The van der Waals surface area contributed by atoms with Gasteiger partial charge in [0, 0.05) is 30.7 Å². The molecule has 0 aliphatic rings. The first-order chi connectivity index (χ1) is 8.47. The minimum Gasteiger partial charge on any atom is -0.362 e. The summed E-state index contributed by atoms with van der Waals surface area (Å²) in [5.74, 6) is 0.893. The maximum Gasteiger partial charge on any atom is 0.148 e. The van der Waals surface area contributed by atoms with Gasteiger partial charge in [-0.15, -0.1) is 0 Å². The highest BCUT2D eigenvalue weighted by Gasteiger charge is 2.13. The molecule has 0 spiro atoms. The maximum atomic E-state index is 4.54. The van der Waals surface area contributed by atoms with Gasteiger partial charge in [-0.2, -0.15) is 5.10 Å². The van der Waals surface area contributed by atoms with Crippen molar-refractivity contribution in [1.82, 2.24) is 14.8 Å². The first-order valence-electron chi connectivity index (χ1n) is 6.18. The second kappa shape index (κ2) is 4.80. The highest BCUT2D eigenvalue weighted by molar-refractivity contribution is 5.41. The summed E-state index contributed by atoms with van der Waals surface area (Å²) in [5.41, 5.74) is 4.68. The molecular formula is C14H20N4. The minimum absolute atomic E-state index is 0.202. The molecule has 2 aromatic heterocycles. The summed E-state index contributed by atoms with van der Waals surface area (Å²) in [6, 6.07) is 4.30. The van der Waals surface area contributed by atoms with Crippen LogP contribution in [0, 0.1) is 20.8 Å². The Balaban J connectivity index is 2.26. The van der Waals surface area contributed by atoms with Crippen LogP contribution in [0.1, 0.15) is 35.5 Å². The average molecular weight is 244 g/mol. The number of rotatable bonds is 3. The minimum atomic E-state index is 0.202. The predicted molar refractivity (Wildman–Crippen MR) is 73.7 cm³/mol. The van der Waals surface area contributed by atoms with Crippen molar-refractivity contribution in [2.45, 2.75) is 33.7 Å². The third-order valence-electron chi connectivity index (χ3n) is 3.10. The van der Waals surface area contributed by atoms with Crippen molar-refractivity contribution in [2.24, 2.45) is 7.05 Å². The summed E-state index contributed by atoms with van der Waals surface area (Å²) in [4.78, 5) is 4.54. The topological polar surface area (TPSA) is 42.7 Å². The number of nitrogens with zero attached hydrogens (tertiary/aromatic N) is 3. The van der Waals surface area contributed by atoms with E-state index in [1.807, 2.05) is 26.2 Å². The molecular weight excluding hydrogens is 224 g/mol. The summed E-state index contributed by atoms with van der Waals surface area (Å²) in [5, 5.41) is 7.75. The van der Waals surface area contributed by atoms with E-state index in [9.17, 15) is 0 Å². The van der Waals surface area contributed by atoms with Gasteiger partial charge in [-0.05, 0) is 44.9 Å². The molecule has 1 atom stereocenters. The quantitative estimate of drug-likeness (QED) is 0.902. The van der Waals surface area contributed by atoms with Crippen molar-refractivity contribution < 1.29 is 0 Å². The molecule has 0 saturated carbocycles. The Morgan fingerprint density at radius 3 is 2.56 bits per heavy atom. The largest absolute Gasteiger partial charge is 0.362 e. The molecule has 4 heteroatoms. The van der Waals surface area contributed by atoms with E-state index in [0.29, 0.717) is 0 Å². The Morgan fingerprint density at radius 1 is 1.28 bits per heavy atom. The summed E-state index contributed by atoms with van der Waals surface area (Å²) in [7, 11) is 1.92. The molecule has 2 heterocycles. The fourth-order valence-electron chi connectivity index (χ4n) is 2.47. The lowest BCUT2D eigenvalue weighted by molar-refractivity contribution is 0.757. The zero-order chi connectivity index (χ0) is 13.3. The Labute approximate surface area is 108 Å². The molecule has 0 aliphatic heterocycles. The zero-order valence-corrected chi connectivity index (χ0v) is 11.7. The lowest BCUT2D eigenvalue weighted by Gasteiger charge is -2.18. The first-order valence-corrected chi connectivity index (χ1v) is 6.18. The van der Waals surface area contributed by atoms with Crippen LogP contribution in [-0.4, -0.2) is 14.8 Å². The Kier molecular flexibility index (Phi) is 3.36. The van der Waals surface area contributed by atoms with Crippen molar-refractivity contribution >= 4 is 5.82 Å². The Hall–Kier alpha value is -1.84. The molecule has 0 amide bonds. The van der Waals surface area contributed by atoms with E-state index in [-0.39, 0.29) is 6.04 Å². The van der Waals surface area contributed by atoms with Crippen LogP contribution in [0.3, 0.4) is 0 Å². The van der Waals surface area contributed by atoms with Gasteiger partial charge >= 0.3 is 0 Å². The van der Waals surface area contributed by atoms with Gasteiger partial charge in [0.15, 0.2) is 0 Å². The van der Waals surface area contributed by atoms with Crippen molar-refractivity contribution in [3.05, 3.63) is 40.8 Å². The number of aryl methyl sites for hydroxylation is 4. The van der Waals surface area contributed by atoms with Crippen molar-refractivity contribution in [2.75, 3.05) is 5.32 Å². The van der Waals surface area contributed by atoms with E-state index in [0.717, 1.165) is 17.2 Å². The molecule has 0 radical (unpaired) electrons. The van der Waals surface area contributed by atoms with E-state index in [1.54, 1.807) is 4.68 Å². The Bertz CT molecular complexity index is 534. The number of aromatic nitrogens is 3. The highest BCUT2D eigenvalue weighted by Crippen LogP contribution is 2.24. The molecule has 0 saturated heterocycles. The van der Waals surface area contributed by atoms with Crippen LogP contribution in [0.15, 0.2) is 18.3 Å². The number of anilines is 1. The standard InChI is InChI=1S/C14H20N4/c1-9-8-10(2)15-11(3)14(9)12(4)16-13-6-7-18(5)17-13/h6-8,12H,1-5H3,(H,16,17). The lowest BCUT2D eigenvalue weighted by atomic mass is 10.0. The van der Waals surface area contributed by atoms with Gasteiger partial charge in [-0.25, -0.2) is 0 Å². The van der Waals surface area contributed by atoms with E-state index in [1.165, 1.54) is 11.1 Å². The van der Waals surface area contributed by atoms with Crippen LogP contribution in [0.2, 0.25) is 0 Å². The van der Waals surface area contributed by atoms with Crippen LogP contribution in [0.5, 0.6) is 0 Å². The molecule has 2 aromatic rings. The predicted octanol–water partition coefficient (Wildman–Crippen LogP) is 2.91. The normalized spacial score (nSPS) is 12.5. The molecule has 96 valence electrons. The fourth-order valence-corrected chi connectivity index (χ4v) is 2.47. The molecule has 0 fully saturated rings. The van der Waals surface area contributed by atoms with Crippen molar-refractivity contribution in [3.8, 4) is 0 Å². The van der Waals surface area contributed by atoms with Gasteiger partial charge in [0.25, 0.3) is 0 Å². The van der Waals surface area contributed by atoms with Crippen molar-refractivity contribution in [3.63, 3.8) is 0 Å². The van der Waals surface area contributed by atoms with Gasteiger partial charge in [-0.3, -0.25) is 9.67 Å². The molecule has 18 heavy (non-hydrogen) atoms. The van der Waals surface area contributed by atoms with Crippen LogP contribution in [-0.2, 0) is 7.05 Å². The SMILES string of the molecule is Cc1cc(C)c(C(C)Nc2ccn(C)n2)c(C)n1. The second-order valence-electron chi connectivity index (χ2n) is 4.82. The first kappa shape index (κ1) is 12.6. The number of nitrogens with one attached hydrogen (secondary N) is 1. The number of hydrogen-bond acceptors (Lipinski definition) is 3. The highest BCUT2D eigenvalue weighted by atomic mass is 15.3. The number of hydrogen-bond donors (Lipinski definition) is 1. The molecule has 0 bridgehead atoms. The lowest BCUT2D eigenvalue weighted by Crippen LogP contribution is -2.12. The summed E-state index contributed by atoms with van der Waals surface area (Å²) >= 11 is 0. The van der Waals surface area contributed by atoms with Crippen LogP contribution in [0.25, 0.3) is 0 Å². The van der Waals surface area contributed by atoms with E-state index in [2.05, 4.69) is 42.2 Å². The molecule has 1 unspecified atom stereocenters. The van der Waals surface area contributed by atoms with Crippen LogP contribution >= 0.6 is 0 Å². The van der Waals surface area contributed by atoms with E-state index < -0.39 is 0 Å². The van der Waals surface area contributed by atoms with Gasteiger partial charge in [-0.1, -0.05) is 0 Å². The average Bonchev–Trinajstić information content (AvgIpc) is 2.62. The third-order valence-corrected chi connectivity index (χ3v) is 3.10. The number of pyridine rings is 1. The molecule has 1 N–H and O–H groups in total. The third kappa shape index (κ3) is 2.53. The summed E-state index contributed by atoms with van der Waals surface area (Å²) < 4.78 is 1.79. The maximum absolute atomic E-state index is 4.54. The molecule has 0 aromatic carbocycles. The van der Waals surface area contributed by atoms with Crippen molar-refractivity contribution in [1.29, 1.82) is 0 Å². The fraction of sp³-hybridized carbons (Fsp3) is 0.429. The van der Waals surface area contributed by atoms with E-state index in [4.69, 9.17) is 0 Å². The van der Waals surface area contributed by atoms with Gasteiger partial charge in [0.1, 0.15) is 5.82 Å². The monoisotopic (exact) mass is 244 g/mol. The summed E-state index contributed by atoms with van der Waals surface area (Å²) in [6.07, 6.45) is 1.93. The van der Waals surface area contributed by atoms with Crippen LogP contribution in [0.4, 0.5) is 5.82 Å².